The number of nitrogens with zero attached hydrogens (tertiary/aromatic N) is 2. The van der Waals surface area contributed by atoms with Crippen LogP contribution >= 0.6 is 0 Å². The van der Waals surface area contributed by atoms with Gasteiger partial charge < -0.3 is 19.5 Å². The number of ether oxygens (including phenoxy) is 2. The number of aliphatic hydroxyl groups excluding tert-OH is 1. The fourth-order valence-corrected chi connectivity index (χ4v) is 4.30. The Hall–Kier alpha value is -4.13. The van der Waals surface area contributed by atoms with Crippen LogP contribution in [0.2, 0.25) is 0 Å². The van der Waals surface area contributed by atoms with E-state index >= 15 is 0 Å². The molecule has 1 saturated heterocycles. The van der Waals surface area contributed by atoms with Crippen LogP contribution in [0.3, 0.4) is 0 Å². The van der Waals surface area contributed by atoms with Gasteiger partial charge in [-0.25, -0.2) is 0 Å². The first-order chi connectivity index (χ1) is 17.5. The molecular weight excluding hydrogens is 456 g/mol. The second-order valence-corrected chi connectivity index (χ2v) is 8.64. The third-order valence-electron chi connectivity index (χ3n) is 6.20. The lowest BCUT2D eigenvalue weighted by Crippen LogP contribution is -2.29. The van der Waals surface area contributed by atoms with Crippen molar-refractivity contribution in [1.29, 1.82) is 0 Å². The summed E-state index contributed by atoms with van der Waals surface area (Å²) in [5, 5.41) is 11.3. The minimum absolute atomic E-state index is 0.0438. The second kappa shape index (κ2) is 11.5. The molecule has 2 heterocycles. The Balaban J connectivity index is 1.76. The number of rotatable bonds is 10. The fraction of sp³-hybridized carbons (Fsp3) is 0.276. The third kappa shape index (κ3) is 5.40. The van der Waals surface area contributed by atoms with Crippen LogP contribution in [0.25, 0.3) is 5.76 Å². The Morgan fingerprint density at radius 1 is 1.00 bits per heavy atom. The van der Waals surface area contributed by atoms with Crippen molar-refractivity contribution in [3.63, 3.8) is 0 Å². The van der Waals surface area contributed by atoms with Crippen molar-refractivity contribution in [1.82, 2.24) is 9.88 Å². The Labute approximate surface area is 211 Å². The van der Waals surface area contributed by atoms with Gasteiger partial charge in [-0.2, -0.15) is 0 Å². The van der Waals surface area contributed by atoms with E-state index in [0.717, 1.165) is 24.8 Å². The number of hydrogen-bond acceptors (Lipinski definition) is 6. The smallest absolute Gasteiger partial charge is 0.295 e. The van der Waals surface area contributed by atoms with Gasteiger partial charge in [-0.1, -0.05) is 31.9 Å². The monoisotopic (exact) mass is 486 g/mol. The Morgan fingerprint density at radius 2 is 1.75 bits per heavy atom. The number of hydrogen-bond donors (Lipinski definition) is 1. The number of unbranched alkanes of at least 4 members (excludes halogenated alkanes) is 2. The zero-order valence-electron chi connectivity index (χ0n) is 20.5. The summed E-state index contributed by atoms with van der Waals surface area (Å²) >= 11 is 0. The van der Waals surface area contributed by atoms with Crippen LogP contribution in [-0.4, -0.2) is 40.4 Å². The highest BCUT2D eigenvalue weighted by Gasteiger charge is 2.46. The SMILES string of the molecule is CCCCCOc1cccc(C2C(=C(O)c3ccc(OC)cc3)C(=O)C(=O)N2Cc2ccncc2)c1. The molecule has 7 nitrogen and oxygen atoms in total. The summed E-state index contributed by atoms with van der Waals surface area (Å²) < 4.78 is 11.1. The molecule has 0 saturated carbocycles. The molecule has 0 radical (unpaired) electrons. The molecular formula is C29H30N2O5. The van der Waals surface area contributed by atoms with Gasteiger partial charge in [-0.3, -0.25) is 14.6 Å². The second-order valence-electron chi connectivity index (χ2n) is 8.64. The first-order valence-corrected chi connectivity index (χ1v) is 12.1. The molecule has 1 aliphatic heterocycles. The first kappa shape index (κ1) is 25.0. The molecule has 0 aliphatic carbocycles. The highest BCUT2D eigenvalue weighted by molar-refractivity contribution is 6.46. The highest BCUT2D eigenvalue weighted by atomic mass is 16.5. The van der Waals surface area contributed by atoms with Crippen LogP contribution in [0.4, 0.5) is 0 Å². The van der Waals surface area contributed by atoms with Crippen molar-refractivity contribution >= 4 is 17.4 Å². The topological polar surface area (TPSA) is 89.0 Å². The maximum atomic E-state index is 13.3. The van der Waals surface area contributed by atoms with Crippen LogP contribution in [0.15, 0.2) is 78.6 Å². The standard InChI is InChI=1S/C29H30N2O5/c1-3-4-5-17-36-24-8-6-7-22(18-24)26-25(27(32)21-9-11-23(35-2)12-10-21)28(33)29(34)31(26)19-20-13-15-30-16-14-20/h6-16,18,26,32H,3-5,17,19H2,1-2H3. The van der Waals surface area contributed by atoms with Crippen LogP contribution in [0.1, 0.15) is 48.9 Å². The average molecular weight is 487 g/mol. The lowest BCUT2D eigenvalue weighted by molar-refractivity contribution is -0.140. The Kier molecular flexibility index (Phi) is 8.00. The van der Waals surface area contributed by atoms with E-state index < -0.39 is 17.7 Å². The average Bonchev–Trinajstić information content (AvgIpc) is 3.16. The van der Waals surface area contributed by atoms with Gasteiger partial charge in [0.1, 0.15) is 17.3 Å². The molecule has 36 heavy (non-hydrogen) atoms. The summed E-state index contributed by atoms with van der Waals surface area (Å²) in [6.45, 7) is 2.91. The lowest BCUT2D eigenvalue weighted by Gasteiger charge is -2.26. The van der Waals surface area contributed by atoms with Crippen molar-refractivity contribution in [2.24, 2.45) is 0 Å². The molecule has 1 fully saturated rings. The number of likely N-dealkylation sites (tertiary alicyclic amines) is 1. The number of carbonyl (C=O) groups excluding carboxylic acids is 2. The zero-order valence-corrected chi connectivity index (χ0v) is 20.5. The number of Topliss-reactive ketones (excluding diaryl/α,β-unsaturated/α-hetero) is 1. The molecule has 1 aliphatic rings. The minimum Gasteiger partial charge on any atom is -0.507 e. The van der Waals surface area contributed by atoms with Gasteiger partial charge in [-0.15, -0.1) is 0 Å². The summed E-state index contributed by atoms with van der Waals surface area (Å²) in [5.41, 5.74) is 1.98. The molecule has 1 amide bonds. The fourth-order valence-electron chi connectivity index (χ4n) is 4.30. The molecule has 186 valence electrons. The van der Waals surface area contributed by atoms with Crippen LogP contribution < -0.4 is 9.47 Å². The summed E-state index contributed by atoms with van der Waals surface area (Å²) in [6, 6.07) is 16.9. The lowest BCUT2D eigenvalue weighted by atomic mass is 9.95. The predicted molar refractivity (Wildman–Crippen MR) is 137 cm³/mol. The van der Waals surface area contributed by atoms with Crippen molar-refractivity contribution in [3.05, 3.63) is 95.3 Å². The number of aliphatic hydroxyl groups is 1. The molecule has 2 aromatic carbocycles. The Bertz CT molecular complexity index is 1240. The van der Waals surface area contributed by atoms with E-state index in [2.05, 4.69) is 11.9 Å². The van der Waals surface area contributed by atoms with E-state index in [1.54, 1.807) is 55.9 Å². The van der Waals surface area contributed by atoms with Crippen LogP contribution in [0, 0.1) is 0 Å². The Morgan fingerprint density at radius 3 is 2.44 bits per heavy atom. The van der Waals surface area contributed by atoms with Gasteiger partial charge in [0.15, 0.2) is 0 Å². The van der Waals surface area contributed by atoms with E-state index in [4.69, 9.17) is 9.47 Å². The largest absolute Gasteiger partial charge is 0.507 e. The number of ketones is 1. The number of carbonyl (C=O) groups is 2. The molecule has 1 atom stereocenters. The van der Waals surface area contributed by atoms with Crippen molar-refractivity contribution < 1.29 is 24.2 Å². The summed E-state index contributed by atoms with van der Waals surface area (Å²) in [6.07, 6.45) is 6.40. The molecule has 1 aromatic heterocycles. The third-order valence-corrected chi connectivity index (χ3v) is 6.20. The summed E-state index contributed by atoms with van der Waals surface area (Å²) in [4.78, 5) is 32.0. The summed E-state index contributed by atoms with van der Waals surface area (Å²) in [7, 11) is 1.55. The van der Waals surface area contributed by atoms with E-state index in [-0.39, 0.29) is 17.9 Å². The maximum absolute atomic E-state index is 13.3. The van der Waals surface area contributed by atoms with Crippen molar-refractivity contribution in [2.45, 2.75) is 38.8 Å². The number of benzene rings is 2. The molecule has 1 N–H and O–H groups in total. The number of methoxy groups -OCH3 is 1. The minimum atomic E-state index is -0.778. The van der Waals surface area contributed by atoms with Crippen molar-refractivity contribution in [2.75, 3.05) is 13.7 Å². The van der Waals surface area contributed by atoms with Gasteiger partial charge in [0.2, 0.25) is 0 Å². The molecule has 4 rings (SSSR count). The molecule has 0 bridgehead atoms. The van der Waals surface area contributed by atoms with Gasteiger partial charge in [-0.05, 0) is 66.1 Å². The molecule has 7 heteroatoms. The highest BCUT2D eigenvalue weighted by Crippen LogP contribution is 2.41. The predicted octanol–water partition coefficient (Wildman–Crippen LogP) is 5.28. The van der Waals surface area contributed by atoms with Crippen LogP contribution in [-0.2, 0) is 16.1 Å². The van der Waals surface area contributed by atoms with Crippen molar-refractivity contribution in [3.8, 4) is 11.5 Å². The quantitative estimate of drug-likeness (QED) is 0.182. The number of pyridine rings is 1. The van der Waals surface area contributed by atoms with E-state index in [0.29, 0.717) is 29.2 Å². The van der Waals surface area contributed by atoms with Gasteiger partial charge in [0, 0.05) is 24.5 Å². The van der Waals surface area contributed by atoms with Gasteiger partial charge in [0.25, 0.3) is 11.7 Å². The maximum Gasteiger partial charge on any atom is 0.295 e. The van der Waals surface area contributed by atoms with Gasteiger partial charge in [0.05, 0.1) is 25.3 Å². The molecule has 0 spiro atoms. The normalized spacial score (nSPS) is 16.8. The van der Waals surface area contributed by atoms with E-state index in [1.165, 1.54) is 4.90 Å². The molecule has 1 unspecified atom stereocenters. The molecule has 3 aromatic rings. The van der Waals surface area contributed by atoms with E-state index in [9.17, 15) is 14.7 Å². The van der Waals surface area contributed by atoms with Gasteiger partial charge >= 0.3 is 0 Å². The number of amides is 1. The first-order valence-electron chi connectivity index (χ1n) is 12.1. The van der Waals surface area contributed by atoms with E-state index in [1.807, 2.05) is 24.3 Å². The van der Waals surface area contributed by atoms with Crippen LogP contribution in [0.5, 0.6) is 11.5 Å². The summed E-state index contributed by atoms with van der Waals surface area (Å²) in [5.74, 6) is -0.345. The zero-order chi connectivity index (χ0) is 25.5. The number of aromatic nitrogens is 1.